The van der Waals surface area contributed by atoms with E-state index in [1.807, 2.05) is 0 Å². The Balaban J connectivity index is 2.25. The van der Waals surface area contributed by atoms with Gasteiger partial charge in [-0.1, -0.05) is 33.6 Å². The van der Waals surface area contributed by atoms with Gasteiger partial charge < -0.3 is 10.4 Å². The van der Waals surface area contributed by atoms with Crippen molar-refractivity contribution in [2.45, 2.75) is 52.5 Å². The van der Waals surface area contributed by atoms with Crippen LogP contribution < -0.4 is 5.32 Å². The topological polar surface area (TPSA) is 75.4 Å². The van der Waals surface area contributed by atoms with Crippen molar-refractivity contribution in [3.8, 4) is 5.75 Å². The van der Waals surface area contributed by atoms with Crippen molar-refractivity contribution in [2.75, 3.05) is 5.32 Å². The molecule has 1 aromatic carbocycles. The number of phenols is 1. The molecule has 0 saturated heterocycles. The highest BCUT2D eigenvalue weighted by atomic mass is 16.6. The molecule has 2 N–H and O–H groups in total. The Morgan fingerprint density at radius 1 is 1.29 bits per heavy atom. The second-order valence-corrected chi connectivity index (χ2v) is 6.97. The van der Waals surface area contributed by atoms with E-state index in [1.165, 1.54) is 18.6 Å². The van der Waals surface area contributed by atoms with Crippen LogP contribution in [0.4, 0.5) is 11.4 Å². The Kier molecular flexibility index (Phi) is 4.40. The second kappa shape index (κ2) is 5.92. The Hall–Kier alpha value is -1.78. The summed E-state index contributed by atoms with van der Waals surface area (Å²) in [6.07, 6.45) is 4.54. The van der Waals surface area contributed by atoms with E-state index in [1.54, 1.807) is 6.07 Å². The second-order valence-electron chi connectivity index (χ2n) is 6.97. The smallest absolute Gasteiger partial charge is 0.296 e. The molecule has 1 aliphatic carbocycles. The fourth-order valence-corrected chi connectivity index (χ4v) is 3.33. The zero-order valence-corrected chi connectivity index (χ0v) is 12.9. The summed E-state index contributed by atoms with van der Waals surface area (Å²) in [5.41, 5.74) is 0.608. The average Bonchev–Trinajstić information content (AvgIpc) is 2.40. The fourth-order valence-electron chi connectivity index (χ4n) is 3.33. The van der Waals surface area contributed by atoms with Gasteiger partial charge in [0.2, 0.25) is 0 Å². The molecule has 2 unspecified atom stereocenters. The average molecular weight is 292 g/mol. The van der Waals surface area contributed by atoms with Crippen LogP contribution in [0.5, 0.6) is 5.75 Å². The highest BCUT2D eigenvalue weighted by molar-refractivity contribution is 5.64. The van der Waals surface area contributed by atoms with Gasteiger partial charge in [0, 0.05) is 6.04 Å². The lowest BCUT2D eigenvalue weighted by Crippen LogP contribution is -2.39. The molecule has 2 rings (SSSR count). The molecule has 1 aliphatic rings. The van der Waals surface area contributed by atoms with Crippen LogP contribution in [-0.4, -0.2) is 16.1 Å². The number of nitrogens with zero attached hydrogens (tertiary/aromatic N) is 1. The van der Waals surface area contributed by atoms with E-state index in [0.717, 1.165) is 19.3 Å². The van der Waals surface area contributed by atoms with Crippen molar-refractivity contribution in [2.24, 2.45) is 11.3 Å². The Morgan fingerprint density at radius 3 is 2.57 bits per heavy atom. The van der Waals surface area contributed by atoms with Crippen LogP contribution in [0, 0.1) is 21.4 Å². The molecular formula is C16H24N2O3. The fraction of sp³-hybridized carbons (Fsp3) is 0.625. The van der Waals surface area contributed by atoms with Crippen molar-refractivity contribution in [3.63, 3.8) is 0 Å². The maximum Gasteiger partial charge on any atom is 0.296 e. The molecule has 0 aromatic heterocycles. The molecule has 2 atom stereocenters. The third-order valence-corrected chi connectivity index (χ3v) is 4.40. The molecule has 116 valence electrons. The van der Waals surface area contributed by atoms with Crippen LogP contribution in [0.1, 0.15) is 46.5 Å². The van der Waals surface area contributed by atoms with Crippen LogP contribution in [0.2, 0.25) is 0 Å². The number of nitro groups is 1. The number of phenolic OH excluding ortho intramolecular Hbond substituents is 1. The largest absolute Gasteiger partial charge is 0.508 e. The van der Waals surface area contributed by atoms with Crippen LogP contribution in [0.25, 0.3) is 0 Å². The van der Waals surface area contributed by atoms with Gasteiger partial charge in [-0.05, 0) is 36.3 Å². The molecule has 0 radical (unpaired) electrons. The van der Waals surface area contributed by atoms with Crippen molar-refractivity contribution in [1.29, 1.82) is 0 Å². The molecule has 5 heteroatoms. The van der Waals surface area contributed by atoms with Crippen LogP contribution in [0.15, 0.2) is 18.2 Å². The quantitative estimate of drug-likeness (QED) is 0.494. The van der Waals surface area contributed by atoms with E-state index in [-0.39, 0.29) is 22.9 Å². The lowest BCUT2D eigenvalue weighted by Gasteiger charge is -2.41. The van der Waals surface area contributed by atoms with Crippen LogP contribution >= 0.6 is 0 Å². The van der Waals surface area contributed by atoms with Crippen molar-refractivity contribution >= 4 is 11.4 Å². The lowest BCUT2D eigenvalue weighted by atomic mass is 9.69. The first-order valence-corrected chi connectivity index (χ1v) is 7.53. The molecule has 1 saturated carbocycles. The summed E-state index contributed by atoms with van der Waals surface area (Å²) in [5.74, 6) is 0.405. The standard InChI is InChI=1S/C16H24N2O3/c1-16(2,3)12-6-4-5-7-13(12)17-14-9-8-11(19)10-15(14)18(20)21/h8-10,12-13,17,19H,4-7H2,1-3H3. The molecule has 0 spiro atoms. The van der Waals surface area contributed by atoms with Gasteiger partial charge in [-0.2, -0.15) is 0 Å². The summed E-state index contributed by atoms with van der Waals surface area (Å²) in [6.45, 7) is 6.68. The predicted octanol–water partition coefficient (Wildman–Crippen LogP) is 4.32. The van der Waals surface area contributed by atoms with Gasteiger partial charge in [0.1, 0.15) is 11.4 Å². The number of benzene rings is 1. The van der Waals surface area contributed by atoms with Crippen molar-refractivity contribution < 1.29 is 10.0 Å². The van der Waals surface area contributed by atoms with Gasteiger partial charge in [-0.3, -0.25) is 10.1 Å². The Labute approximate surface area is 125 Å². The van der Waals surface area contributed by atoms with E-state index in [2.05, 4.69) is 26.1 Å². The van der Waals surface area contributed by atoms with Gasteiger partial charge >= 0.3 is 0 Å². The summed E-state index contributed by atoms with van der Waals surface area (Å²) in [6, 6.07) is 4.53. The Morgan fingerprint density at radius 2 is 1.95 bits per heavy atom. The summed E-state index contributed by atoms with van der Waals surface area (Å²) < 4.78 is 0. The molecule has 21 heavy (non-hydrogen) atoms. The Bertz CT molecular complexity index is 523. The lowest BCUT2D eigenvalue weighted by molar-refractivity contribution is -0.384. The first kappa shape index (κ1) is 15.6. The van der Waals surface area contributed by atoms with Gasteiger partial charge in [0.05, 0.1) is 11.0 Å². The molecular weight excluding hydrogens is 268 g/mol. The summed E-state index contributed by atoms with van der Waals surface area (Å²) in [5, 5.41) is 24.0. The first-order valence-electron chi connectivity index (χ1n) is 7.53. The highest BCUT2D eigenvalue weighted by Gasteiger charge is 2.34. The first-order chi connectivity index (χ1) is 9.79. The number of nitrogens with one attached hydrogen (secondary N) is 1. The van der Waals surface area contributed by atoms with Crippen molar-refractivity contribution in [3.05, 3.63) is 28.3 Å². The predicted molar refractivity (Wildman–Crippen MR) is 83.6 cm³/mol. The van der Waals surface area contributed by atoms with Gasteiger partial charge in [0.25, 0.3) is 5.69 Å². The van der Waals surface area contributed by atoms with Crippen LogP contribution in [-0.2, 0) is 0 Å². The minimum absolute atomic E-state index is 0.0618. The molecule has 0 heterocycles. The van der Waals surface area contributed by atoms with Crippen LogP contribution in [0.3, 0.4) is 0 Å². The third kappa shape index (κ3) is 3.65. The highest BCUT2D eigenvalue weighted by Crippen LogP contribution is 2.40. The maximum absolute atomic E-state index is 11.1. The van der Waals surface area contributed by atoms with Gasteiger partial charge in [-0.15, -0.1) is 0 Å². The summed E-state index contributed by atoms with van der Waals surface area (Å²) in [4.78, 5) is 10.7. The minimum atomic E-state index is -0.447. The normalized spacial score (nSPS) is 22.8. The van der Waals surface area contributed by atoms with E-state index >= 15 is 0 Å². The van der Waals surface area contributed by atoms with Gasteiger partial charge in [-0.25, -0.2) is 0 Å². The van der Waals surface area contributed by atoms with E-state index in [0.29, 0.717) is 11.6 Å². The molecule has 0 amide bonds. The molecule has 1 aromatic rings. The maximum atomic E-state index is 11.1. The number of aromatic hydroxyl groups is 1. The monoisotopic (exact) mass is 292 g/mol. The number of hydrogen-bond donors (Lipinski definition) is 2. The molecule has 0 bridgehead atoms. The SMILES string of the molecule is CC(C)(C)C1CCCCC1Nc1ccc(O)cc1[N+](=O)[O-]. The number of anilines is 1. The van der Waals surface area contributed by atoms with Crippen molar-refractivity contribution in [1.82, 2.24) is 0 Å². The molecule has 5 nitrogen and oxygen atoms in total. The van der Waals surface area contributed by atoms with Gasteiger partial charge in [0.15, 0.2) is 0 Å². The van der Waals surface area contributed by atoms with E-state index in [9.17, 15) is 15.2 Å². The zero-order valence-electron chi connectivity index (χ0n) is 12.9. The molecule has 0 aliphatic heterocycles. The zero-order chi connectivity index (χ0) is 15.6. The third-order valence-electron chi connectivity index (χ3n) is 4.40. The number of rotatable bonds is 3. The summed E-state index contributed by atoms with van der Waals surface area (Å²) >= 11 is 0. The summed E-state index contributed by atoms with van der Waals surface area (Å²) in [7, 11) is 0. The number of hydrogen-bond acceptors (Lipinski definition) is 4. The minimum Gasteiger partial charge on any atom is -0.508 e. The van der Waals surface area contributed by atoms with E-state index in [4.69, 9.17) is 0 Å². The molecule has 1 fully saturated rings. The van der Waals surface area contributed by atoms with E-state index < -0.39 is 4.92 Å². The number of nitro benzene ring substituents is 1.